The van der Waals surface area contributed by atoms with E-state index in [1.165, 1.54) is 0 Å². The number of fused-ring (bicyclic) bond motifs is 1. The molecule has 0 radical (unpaired) electrons. The van der Waals surface area contributed by atoms with E-state index in [1.807, 2.05) is 42.5 Å². The van der Waals surface area contributed by atoms with Gasteiger partial charge < -0.3 is 5.11 Å². The lowest BCUT2D eigenvalue weighted by Gasteiger charge is -2.08. The standard InChI is InChI=1S/C16H11NO2/c18-16(19)14-8-2-1-7-12(14)13-9-3-5-11-6-4-10-17-15(11)13/h1-10H,(H,18,19). The summed E-state index contributed by atoms with van der Waals surface area (Å²) in [4.78, 5) is 15.7. The van der Waals surface area contributed by atoms with E-state index in [0.717, 1.165) is 16.5 Å². The fourth-order valence-corrected chi connectivity index (χ4v) is 2.23. The van der Waals surface area contributed by atoms with Crippen LogP contribution in [0, 0.1) is 0 Å². The first-order valence-corrected chi connectivity index (χ1v) is 5.94. The number of carbonyl (C=O) groups is 1. The van der Waals surface area contributed by atoms with Crippen LogP contribution in [0.2, 0.25) is 0 Å². The van der Waals surface area contributed by atoms with Gasteiger partial charge in [0.2, 0.25) is 0 Å². The van der Waals surface area contributed by atoms with Gasteiger partial charge in [-0.1, -0.05) is 42.5 Å². The molecule has 3 rings (SSSR count). The van der Waals surface area contributed by atoms with E-state index in [4.69, 9.17) is 0 Å². The summed E-state index contributed by atoms with van der Waals surface area (Å²) in [5.41, 5.74) is 2.65. The summed E-state index contributed by atoms with van der Waals surface area (Å²) in [5.74, 6) is -0.927. The van der Waals surface area contributed by atoms with E-state index in [-0.39, 0.29) is 0 Å². The Hall–Kier alpha value is -2.68. The molecule has 0 aliphatic rings. The number of hydrogen-bond donors (Lipinski definition) is 1. The number of carboxylic acids is 1. The number of benzene rings is 2. The molecule has 0 saturated carbocycles. The molecule has 0 amide bonds. The van der Waals surface area contributed by atoms with Crippen LogP contribution in [-0.2, 0) is 0 Å². The van der Waals surface area contributed by atoms with Gasteiger partial charge in [0.1, 0.15) is 0 Å². The Bertz CT molecular complexity index is 760. The minimum atomic E-state index is -0.927. The SMILES string of the molecule is O=C(O)c1ccccc1-c1cccc2cccnc12. The summed E-state index contributed by atoms with van der Waals surface area (Å²) < 4.78 is 0. The third kappa shape index (κ3) is 1.95. The summed E-state index contributed by atoms with van der Waals surface area (Å²) in [6.45, 7) is 0. The molecule has 0 fully saturated rings. The normalized spacial score (nSPS) is 10.5. The topological polar surface area (TPSA) is 50.2 Å². The van der Waals surface area contributed by atoms with E-state index < -0.39 is 5.97 Å². The van der Waals surface area contributed by atoms with Crippen LogP contribution < -0.4 is 0 Å². The van der Waals surface area contributed by atoms with Crippen molar-refractivity contribution in [1.29, 1.82) is 0 Å². The van der Waals surface area contributed by atoms with Crippen LogP contribution >= 0.6 is 0 Å². The lowest BCUT2D eigenvalue weighted by Crippen LogP contribution is -1.99. The van der Waals surface area contributed by atoms with Gasteiger partial charge in [0.05, 0.1) is 11.1 Å². The molecule has 92 valence electrons. The van der Waals surface area contributed by atoms with Crippen molar-refractivity contribution in [2.45, 2.75) is 0 Å². The number of carboxylic acid groups (broad SMARTS) is 1. The summed E-state index contributed by atoms with van der Waals surface area (Å²) in [6.07, 6.45) is 1.72. The smallest absolute Gasteiger partial charge is 0.336 e. The predicted molar refractivity (Wildman–Crippen MR) is 74.1 cm³/mol. The quantitative estimate of drug-likeness (QED) is 0.754. The Balaban J connectivity index is 2.34. The predicted octanol–water partition coefficient (Wildman–Crippen LogP) is 3.60. The molecule has 3 nitrogen and oxygen atoms in total. The molecule has 2 aromatic carbocycles. The monoisotopic (exact) mass is 249 g/mol. The van der Waals surface area contributed by atoms with E-state index >= 15 is 0 Å². The molecule has 1 heterocycles. The first-order chi connectivity index (χ1) is 9.27. The van der Waals surface area contributed by atoms with Crippen LogP contribution in [0.15, 0.2) is 60.8 Å². The molecule has 3 aromatic rings. The average molecular weight is 249 g/mol. The van der Waals surface area contributed by atoms with E-state index in [9.17, 15) is 9.90 Å². The van der Waals surface area contributed by atoms with E-state index in [2.05, 4.69) is 4.98 Å². The molecular weight excluding hydrogens is 238 g/mol. The van der Waals surface area contributed by atoms with Crippen molar-refractivity contribution in [3.05, 3.63) is 66.4 Å². The molecular formula is C16H11NO2. The maximum atomic E-state index is 11.3. The zero-order chi connectivity index (χ0) is 13.2. The molecule has 0 atom stereocenters. The first-order valence-electron chi connectivity index (χ1n) is 5.94. The fraction of sp³-hybridized carbons (Fsp3) is 0. The Morgan fingerprint density at radius 1 is 0.895 bits per heavy atom. The van der Waals surface area contributed by atoms with Crippen LogP contribution in [0.25, 0.3) is 22.0 Å². The van der Waals surface area contributed by atoms with E-state index in [0.29, 0.717) is 11.1 Å². The van der Waals surface area contributed by atoms with Crippen molar-refractivity contribution in [3.63, 3.8) is 0 Å². The van der Waals surface area contributed by atoms with Gasteiger partial charge in [-0.15, -0.1) is 0 Å². The maximum Gasteiger partial charge on any atom is 0.336 e. The highest BCUT2D eigenvalue weighted by Crippen LogP contribution is 2.29. The number of aromatic nitrogens is 1. The maximum absolute atomic E-state index is 11.3. The number of para-hydroxylation sites is 1. The minimum Gasteiger partial charge on any atom is -0.478 e. The van der Waals surface area contributed by atoms with Crippen molar-refractivity contribution in [2.75, 3.05) is 0 Å². The third-order valence-corrected chi connectivity index (χ3v) is 3.08. The highest BCUT2D eigenvalue weighted by molar-refractivity contribution is 6.02. The van der Waals surface area contributed by atoms with Crippen LogP contribution in [0.4, 0.5) is 0 Å². The lowest BCUT2D eigenvalue weighted by molar-refractivity contribution is 0.0698. The van der Waals surface area contributed by atoms with Crippen LogP contribution in [0.1, 0.15) is 10.4 Å². The molecule has 1 N–H and O–H groups in total. The number of aromatic carboxylic acids is 1. The molecule has 3 heteroatoms. The summed E-state index contributed by atoms with van der Waals surface area (Å²) in [7, 11) is 0. The Kier molecular flexibility index (Phi) is 2.72. The second kappa shape index (κ2) is 4.53. The number of rotatable bonds is 2. The van der Waals surface area contributed by atoms with Crippen molar-refractivity contribution in [3.8, 4) is 11.1 Å². The Labute approximate surface area is 110 Å². The zero-order valence-electron chi connectivity index (χ0n) is 10.1. The van der Waals surface area contributed by atoms with E-state index in [1.54, 1.807) is 18.3 Å². The molecule has 0 saturated heterocycles. The van der Waals surface area contributed by atoms with Crippen LogP contribution in [0.5, 0.6) is 0 Å². The molecule has 0 aliphatic heterocycles. The van der Waals surface area contributed by atoms with Crippen molar-refractivity contribution in [2.24, 2.45) is 0 Å². The summed E-state index contributed by atoms with van der Waals surface area (Å²) >= 11 is 0. The summed E-state index contributed by atoms with van der Waals surface area (Å²) in [6, 6.07) is 16.6. The van der Waals surface area contributed by atoms with Crippen molar-refractivity contribution in [1.82, 2.24) is 4.98 Å². The van der Waals surface area contributed by atoms with Gasteiger partial charge in [-0.2, -0.15) is 0 Å². The van der Waals surface area contributed by atoms with Gasteiger partial charge in [-0.3, -0.25) is 4.98 Å². The van der Waals surface area contributed by atoms with Gasteiger partial charge in [0, 0.05) is 17.1 Å². The average Bonchev–Trinajstić information content (AvgIpc) is 2.46. The first kappa shape index (κ1) is 11.4. The minimum absolute atomic E-state index is 0.292. The molecule has 19 heavy (non-hydrogen) atoms. The van der Waals surface area contributed by atoms with Gasteiger partial charge >= 0.3 is 5.97 Å². The van der Waals surface area contributed by atoms with Gasteiger partial charge in [-0.25, -0.2) is 4.79 Å². The van der Waals surface area contributed by atoms with Crippen LogP contribution in [-0.4, -0.2) is 16.1 Å². The van der Waals surface area contributed by atoms with Gasteiger partial charge in [0.25, 0.3) is 0 Å². The molecule has 0 unspecified atom stereocenters. The number of pyridine rings is 1. The largest absolute Gasteiger partial charge is 0.478 e. The molecule has 0 bridgehead atoms. The Morgan fingerprint density at radius 2 is 1.63 bits per heavy atom. The second-order valence-electron chi connectivity index (χ2n) is 4.23. The molecule has 0 aliphatic carbocycles. The van der Waals surface area contributed by atoms with Crippen LogP contribution in [0.3, 0.4) is 0 Å². The lowest BCUT2D eigenvalue weighted by atomic mass is 9.97. The second-order valence-corrected chi connectivity index (χ2v) is 4.23. The highest BCUT2D eigenvalue weighted by Gasteiger charge is 2.13. The zero-order valence-corrected chi connectivity index (χ0v) is 10.1. The van der Waals surface area contributed by atoms with Crippen molar-refractivity contribution >= 4 is 16.9 Å². The molecule has 0 spiro atoms. The van der Waals surface area contributed by atoms with Crippen molar-refractivity contribution < 1.29 is 9.90 Å². The number of hydrogen-bond acceptors (Lipinski definition) is 2. The van der Waals surface area contributed by atoms with Gasteiger partial charge in [0.15, 0.2) is 0 Å². The Morgan fingerprint density at radius 3 is 2.47 bits per heavy atom. The summed E-state index contributed by atoms with van der Waals surface area (Å²) in [5, 5.41) is 10.3. The van der Waals surface area contributed by atoms with Gasteiger partial charge in [-0.05, 0) is 17.7 Å². The third-order valence-electron chi connectivity index (χ3n) is 3.08. The highest BCUT2D eigenvalue weighted by atomic mass is 16.4. The fourth-order valence-electron chi connectivity index (χ4n) is 2.23. The number of nitrogens with zero attached hydrogens (tertiary/aromatic N) is 1. The molecule has 1 aromatic heterocycles.